The maximum Gasteiger partial charge on any atom is 0.522 e. The normalized spacial score (nSPS) is 24.8. The molecule has 7 heteroatoms. The van der Waals surface area contributed by atoms with E-state index in [1.54, 1.807) is 7.11 Å². The molecule has 3 rings (SSSR count). The topological polar surface area (TPSA) is 58.4 Å². The fourth-order valence-electron chi connectivity index (χ4n) is 2.47. The molecule has 2 fully saturated rings. The van der Waals surface area contributed by atoms with Crippen molar-refractivity contribution in [1.82, 2.24) is 15.0 Å². The molecule has 0 N–H and O–H groups in total. The maximum atomic E-state index is 6.02. The van der Waals surface area contributed by atoms with E-state index in [-0.39, 0.29) is 11.2 Å². The number of rotatable bonds is 3. The van der Waals surface area contributed by atoms with Crippen molar-refractivity contribution in [3.8, 4) is 5.88 Å². The third kappa shape index (κ3) is 1.95. The van der Waals surface area contributed by atoms with Crippen molar-refractivity contribution in [3.63, 3.8) is 0 Å². The molecule has 0 radical (unpaired) electrons. The Labute approximate surface area is 119 Å². The molecule has 0 unspecified atom stereocenters. The Balaban J connectivity index is 1.90. The molecule has 0 atom stereocenters. The lowest BCUT2D eigenvalue weighted by Gasteiger charge is -2.32. The Bertz CT molecular complexity index is 495. The predicted molar refractivity (Wildman–Crippen MR) is 75.2 cm³/mol. The van der Waals surface area contributed by atoms with E-state index in [0.29, 0.717) is 17.5 Å². The quantitative estimate of drug-likeness (QED) is 0.781. The molecule has 1 aliphatic carbocycles. The van der Waals surface area contributed by atoms with Crippen molar-refractivity contribution in [2.45, 2.75) is 64.2 Å². The van der Waals surface area contributed by atoms with Gasteiger partial charge in [0, 0.05) is 0 Å². The van der Waals surface area contributed by atoms with Gasteiger partial charge in [-0.3, -0.25) is 0 Å². The van der Waals surface area contributed by atoms with Gasteiger partial charge in [-0.1, -0.05) is 5.21 Å². The van der Waals surface area contributed by atoms with E-state index >= 15 is 0 Å². The van der Waals surface area contributed by atoms with Gasteiger partial charge in [0.2, 0.25) is 5.88 Å². The SMILES string of the molecule is COc1c(B2OC(C)(C)C(C)(C)O2)nnn1C1CCC1. The molecule has 20 heavy (non-hydrogen) atoms. The van der Waals surface area contributed by atoms with Crippen LogP contribution in [0.15, 0.2) is 0 Å². The average molecular weight is 279 g/mol. The van der Waals surface area contributed by atoms with Crippen molar-refractivity contribution in [1.29, 1.82) is 0 Å². The van der Waals surface area contributed by atoms with Crippen molar-refractivity contribution < 1.29 is 14.0 Å². The first-order valence-electron chi connectivity index (χ1n) is 7.20. The maximum absolute atomic E-state index is 6.02. The van der Waals surface area contributed by atoms with Crippen molar-refractivity contribution >= 4 is 12.7 Å². The Morgan fingerprint density at radius 2 is 1.80 bits per heavy atom. The lowest BCUT2D eigenvalue weighted by molar-refractivity contribution is 0.00578. The van der Waals surface area contributed by atoms with Crippen LogP contribution >= 0.6 is 0 Å². The van der Waals surface area contributed by atoms with Crippen LogP contribution < -0.4 is 10.3 Å². The molecule has 1 aromatic rings. The van der Waals surface area contributed by atoms with Crippen LogP contribution in [0.1, 0.15) is 53.0 Å². The van der Waals surface area contributed by atoms with Crippen LogP contribution in [-0.4, -0.2) is 40.4 Å². The first-order chi connectivity index (χ1) is 9.36. The zero-order valence-corrected chi connectivity index (χ0v) is 12.8. The molecule has 1 aliphatic heterocycles. The summed E-state index contributed by atoms with van der Waals surface area (Å²) in [5.41, 5.74) is -0.135. The summed E-state index contributed by atoms with van der Waals surface area (Å²) in [5.74, 6) is 0.660. The first kappa shape index (κ1) is 13.9. The smallest absolute Gasteiger partial charge is 0.480 e. The van der Waals surface area contributed by atoms with Crippen molar-refractivity contribution in [3.05, 3.63) is 0 Å². The average Bonchev–Trinajstić information content (AvgIpc) is 2.76. The van der Waals surface area contributed by atoms with Gasteiger partial charge in [0.25, 0.3) is 0 Å². The van der Waals surface area contributed by atoms with Gasteiger partial charge in [-0.25, -0.2) is 4.68 Å². The summed E-state index contributed by atoms with van der Waals surface area (Å²) in [6.07, 6.45) is 3.49. The lowest BCUT2D eigenvalue weighted by atomic mass is 9.84. The lowest BCUT2D eigenvalue weighted by Crippen LogP contribution is -2.41. The summed E-state index contributed by atoms with van der Waals surface area (Å²) in [5, 5.41) is 8.47. The highest BCUT2D eigenvalue weighted by molar-refractivity contribution is 6.62. The van der Waals surface area contributed by atoms with Gasteiger partial charge in [0.05, 0.1) is 24.4 Å². The molecule has 1 saturated carbocycles. The number of hydrogen-bond acceptors (Lipinski definition) is 5. The second kappa shape index (κ2) is 4.46. The molecule has 1 aromatic heterocycles. The van der Waals surface area contributed by atoms with Crippen LogP contribution in [0, 0.1) is 0 Å². The second-order valence-corrected chi connectivity index (χ2v) is 6.60. The number of ether oxygens (including phenoxy) is 1. The number of hydrogen-bond donors (Lipinski definition) is 0. The van der Waals surface area contributed by atoms with Gasteiger partial charge in [0.15, 0.2) is 5.59 Å². The molecular weight excluding hydrogens is 257 g/mol. The molecule has 6 nitrogen and oxygen atoms in total. The molecule has 0 spiro atoms. The van der Waals surface area contributed by atoms with Gasteiger partial charge >= 0.3 is 7.12 Å². The summed E-state index contributed by atoms with van der Waals surface area (Å²) in [6.45, 7) is 8.09. The second-order valence-electron chi connectivity index (χ2n) is 6.60. The van der Waals surface area contributed by atoms with E-state index in [1.165, 1.54) is 6.42 Å². The van der Waals surface area contributed by atoms with Crippen LogP contribution in [0.5, 0.6) is 5.88 Å². The van der Waals surface area contributed by atoms with Gasteiger partial charge < -0.3 is 14.0 Å². The summed E-state index contributed by atoms with van der Waals surface area (Å²) < 4.78 is 19.4. The van der Waals surface area contributed by atoms with E-state index in [0.717, 1.165) is 12.8 Å². The van der Waals surface area contributed by atoms with Crippen molar-refractivity contribution in [2.75, 3.05) is 7.11 Å². The summed E-state index contributed by atoms with van der Waals surface area (Å²) in [7, 11) is 1.12. The number of aromatic nitrogens is 3. The minimum absolute atomic E-state index is 0.386. The number of methoxy groups -OCH3 is 1. The summed E-state index contributed by atoms with van der Waals surface area (Å²) in [6, 6.07) is 0.397. The molecule has 2 aliphatic rings. The largest absolute Gasteiger partial charge is 0.522 e. The minimum Gasteiger partial charge on any atom is -0.480 e. The van der Waals surface area contributed by atoms with E-state index < -0.39 is 7.12 Å². The van der Waals surface area contributed by atoms with E-state index in [9.17, 15) is 0 Å². The van der Waals surface area contributed by atoms with Gasteiger partial charge in [0.1, 0.15) is 0 Å². The Kier molecular flexibility index (Phi) is 3.10. The standard InChI is InChI=1S/C13H22BN3O3/c1-12(2)13(3,4)20-14(19-12)10-11(18-5)17(16-15-10)9-7-6-8-9/h9H,6-8H2,1-5H3. The number of nitrogens with zero attached hydrogens (tertiary/aromatic N) is 3. The van der Waals surface area contributed by atoms with Gasteiger partial charge in [-0.15, -0.1) is 5.10 Å². The van der Waals surface area contributed by atoms with Crippen LogP contribution in [0.3, 0.4) is 0 Å². The first-order valence-corrected chi connectivity index (χ1v) is 7.20. The minimum atomic E-state index is -0.524. The third-order valence-electron chi connectivity index (χ3n) is 4.77. The monoisotopic (exact) mass is 279 g/mol. The Hall–Kier alpha value is -1.08. The predicted octanol–water partition coefficient (Wildman–Crippen LogP) is 1.31. The van der Waals surface area contributed by atoms with Crippen LogP contribution in [0.2, 0.25) is 0 Å². The molecule has 0 amide bonds. The van der Waals surface area contributed by atoms with Gasteiger partial charge in [-0.05, 0) is 47.0 Å². The van der Waals surface area contributed by atoms with Crippen LogP contribution in [-0.2, 0) is 9.31 Å². The van der Waals surface area contributed by atoms with E-state index in [1.807, 2.05) is 32.4 Å². The van der Waals surface area contributed by atoms with Gasteiger partial charge in [-0.2, -0.15) is 0 Å². The molecule has 2 heterocycles. The molecule has 1 saturated heterocycles. The van der Waals surface area contributed by atoms with Crippen molar-refractivity contribution in [2.24, 2.45) is 0 Å². The molecule has 0 bridgehead atoms. The summed E-state index contributed by atoms with van der Waals surface area (Å²) in [4.78, 5) is 0. The highest BCUT2D eigenvalue weighted by Crippen LogP contribution is 2.38. The fraction of sp³-hybridized carbons (Fsp3) is 0.846. The Morgan fingerprint density at radius 3 is 2.25 bits per heavy atom. The summed E-state index contributed by atoms with van der Waals surface area (Å²) >= 11 is 0. The molecular formula is C13H22BN3O3. The molecule has 0 aromatic carbocycles. The molecule has 110 valence electrons. The van der Waals surface area contributed by atoms with E-state index in [4.69, 9.17) is 14.0 Å². The fourth-order valence-corrected chi connectivity index (χ4v) is 2.47. The highest BCUT2D eigenvalue weighted by Gasteiger charge is 2.54. The van der Waals surface area contributed by atoms with Crippen LogP contribution in [0.25, 0.3) is 0 Å². The third-order valence-corrected chi connectivity index (χ3v) is 4.77. The Morgan fingerprint density at radius 1 is 1.20 bits per heavy atom. The van der Waals surface area contributed by atoms with Crippen LogP contribution in [0.4, 0.5) is 0 Å². The zero-order chi connectivity index (χ0) is 14.5. The van der Waals surface area contributed by atoms with E-state index in [2.05, 4.69) is 10.3 Å². The zero-order valence-electron chi connectivity index (χ0n) is 12.8. The highest BCUT2D eigenvalue weighted by atomic mass is 16.7.